The van der Waals surface area contributed by atoms with Crippen LogP contribution in [0.4, 0.5) is 11.5 Å². The first-order chi connectivity index (χ1) is 11.0. The molecule has 1 aromatic heterocycles. The minimum atomic E-state index is -0.341. The van der Waals surface area contributed by atoms with Crippen LogP contribution in [0.25, 0.3) is 0 Å². The summed E-state index contributed by atoms with van der Waals surface area (Å²) in [5.74, 6) is 0.283. The van der Waals surface area contributed by atoms with Crippen molar-refractivity contribution in [3.8, 4) is 5.75 Å². The first-order valence-corrected chi connectivity index (χ1v) is 7.00. The van der Waals surface area contributed by atoms with E-state index in [-0.39, 0.29) is 17.4 Å². The van der Waals surface area contributed by atoms with Gasteiger partial charge in [-0.1, -0.05) is 0 Å². The molecular formula is C16H15N5O2. The highest BCUT2D eigenvalue weighted by Gasteiger charge is 2.31. The van der Waals surface area contributed by atoms with E-state index in [1.165, 1.54) is 17.1 Å². The van der Waals surface area contributed by atoms with Gasteiger partial charge in [0.2, 0.25) is 0 Å². The second-order valence-corrected chi connectivity index (χ2v) is 5.11. The molecule has 2 N–H and O–H groups in total. The molecule has 0 spiro atoms. The Kier molecular flexibility index (Phi) is 3.76. The lowest BCUT2D eigenvalue weighted by Gasteiger charge is -2.10. The van der Waals surface area contributed by atoms with Gasteiger partial charge in [-0.15, -0.1) is 0 Å². The van der Waals surface area contributed by atoms with Crippen molar-refractivity contribution in [2.75, 3.05) is 10.4 Å². The average Bonchev–Trinajstić information content (AvgIpc) is 2.82. The molecule has 1 aliphatic rings. The highest BCUT2D eigenvalue weighted by Crippen LogP contribution is 2.19. The number of nitrogens with zero attached hydrogens (tertiary/aromatic N) is 4. The molecule has 0 atom stereocenters. The lowest BCUT2D eigenvalue weighted by Crippen LogP contribution is -2.28. The Morgan fingerprint density at radius 2 is 1.91 bits per heavy atom. The summed E-state index contributed by atoms with van der Waals surface area (Å²) in [5.41, 5.74) is 5.16. The van der Waals surface area contributed by atoms with Crippen LogP contribution in [-0.2, 0) is 4.79 Å². The van der Waals surface area contributed by atoms with Gasteiger partial charge in [0, 0.05) is 6.20 Å². The number of benzene rings is 1. The van der Waals surface area contributed by atoms with Crippen LogP contribution in [-0.4, -0.2) is 27.4 Å². The van der Waals surface area contributed by atoms with Crippen LogP contribution in [0.1, 0.15) is 12.5 Å². The van der Waals surface area contributed by atoms with Gasteiger partial charge in [-0.25, -0.2) is 4.98 Å². The molecule has 0 unspecified atom stereocenters. The SMILES string of the molecule is CC1=NN(c2cc(C)ccn2)C(=O)C1=NNc1ccc(O)cc1. The van der Waals surface area contributed by atoms with Gasteiger partial charge < -0.3 is 5.11 Å². The number of amides is 1. The van der Waals surface area contributed by atoms with Gasteiger partial charge in [0.1, 0.15) is 5.75 Å². The van der Waals surface area contributed by atoms with E-state index in [1.807, 2.05) is 13.0 Å². The molecule has 116 valence electrons. The van der Waals surface area contributed by atoms with Crippen molar-refractivity contribution in [3.05, 3.63) is 48.2 Å². The minimum Gasteiger partial charge on any atom is -0.508 e. The van der Waals surface area contributed by atoms with Crippen LogP contribution in [0.3, 0.4) is 0 Å². The molecule has 0 radical (unpaired) electrons. The van der Waals surface area contributed by atoms with E-state index in [0.29, 0.717) is 17.2 Å². The summed E-state index contributed by atoms with van der Waals surface area (Å²) in [5, 5.41) is 18.8. The fourth-order valence-corrected chi connectivity index (χ4v) is 2.07. The van der Waals surface area contributed by atoms with Gasteiger partial charge in [-0.3, -0.25) is 10.2 Å². The molecule has 3 rings (SSSR count). The number of phenols is 1. The summed E-state index contributed by atoms with van der Waals surface area (Å²) in [6.45, 7) is 3.63. The normalized spacial score (nSPS) is 15.9. The Morgan fingerprint density at radius 1 is 1.17 bits per heavy atom. The first-order valence-electron chi connectivity index (χ1n) is 7.00. The van der Waals surface area contributed by atoms with Crippen LogP contribution >= 0.6 is 0 Å². The van der Waals surface area contributed by atoms with Crippen LogP contribution in [0.2, 0.25) is 0 Å². The maximum atomic E-state index is 12.5. The van der Waals surface area contributed by atoms with Gasteiger partial charge in [-0.2, -0.15) is 15.2 Å². The number of aromatic nitrogens is 1. The molecule has 1 amide bonds. The molecule has 0 saturated heterocycles. The van der Waals surface area contributed by atoms with Crippen molar-refractivity contribution in [1.29, 1.82) is 0 Å². The molecule has 1 aromatic carbocycles. The van der Waals surface area contributed by atoms with Crippen LogP contribution in [0.15, 0.2) is 52.8 Å². The fourth-order valence-electron chi connectivity index (χ4n) is 2.07. The third-order valence-corrected chi connectivity index (χ3v) is 3.27. The van der Waals surface area contributed by atoms with Gasteiger partial charge >= 0.3 is 5.91 Å². The molecule has 1 aliphatic heterocycles. The number of phenolic OH excluding ortho intramolecular Hbond substituents is 1. The number of pyridine rings is 1. The average molecular weight is 309 g/mol. The molecule has 0 bridgehead atoms. The summed E-state index contributed by atoms with van der Waals surface area (Å²) >= 11 is 0. The smallest absolute Gasteiger partial charge is 0.302 e. The molecule has 23 heavy (non-hydrogen) atoms. The molecule has 2 aromatic rings. The van der Waals surface area contributed by atoms with E-state index in [1.54, 1.807) is 31.3 Å². The number of nitrogens with one attached hydrogen (secondary N) is 1. The summed E-state index contributed by atoms with van der Waals surface area (Å²) in [6.07, 6.45) is 1.63. The van der Waals surface area contributed by atoms with E-state index in [2.05, 4.69) is 20.6 Å². The van der Waals surface area contributed by atoms with Crippen molar-refractivity contribution < 1.29 is 9.90 Å². The first kappa shape index (κ1) is 14.7. The van der Waals surface area contributed by atoms with Gasteiger partial charge in [0.25, 0.3) is 0 Å². The van der Waals surface area contributed by atoms with Gasteiger partial charge in [0.15, 0.2) is 11.5 Å². The molecular weight excluding hydrogens is 294 g/mol. The Morgan fingerprint density at radius 3 is 2.61 bits per heavy atom. The number of aromatic hydroxyl groups is 1. The van der Waals surface area contributed by atoms with Crippen molar-refractivity contribution >= 4 is 28.8 Å². The van der Waals surface area contributed by atoms with Crippen molar-refractivity contribution in [1.82, 2.24) is 4.98 Å². The summed E-state index contributed by atoms with van der Waals surface area (Å²) in [7, 11) is 0. The maximum absolute atomic E-state index is 12.5. The quantitative estimate of drug-likeness (QED) is 0.672. The number of anilines is 2. The molecule has 2 heterocycles. The predicted octanol–water partition coefficient (Wildman–Crippen LogP) is 2.29. The van der Waals surface area contributed by atoms with E-state index in [4.69, 9.17) is 0 Å². The second-order valence-electron chi connectivity index (χ2n) is 5.11. The number of hydrazone groups is 2. The zero-order valence-electron chi connectivity index (χ0n) is 12.7. The van der Waals surface area contributed by atoms with Crippen LogP contribution < -0.4 is 10.4 Å². The number of carbonyl (C=O) groups excluding carboxylic acids is 1. The highest BCUT2D eigenvalue weighted by molar-refractivity contribution is 6.71. The van der Waals surface area contributed by atoms with Crippen molar-refractivity contribution in [3.63, 3.8) is 0 Å². The number of aryl methyl sites for hydroxylation is 1. The largest absolute Gasteiger partial charge is 0.508 e. The number of hydrogen-bond acceptors (Lipinski definition) is 6. The third-order valence-electron chi connectivity index (χ3n) is 3.27. The third kappa shape index (κ3) is 3.03. The van der Waals surface area contributed by atoms with Gasteiger partial charge in [-0.05, 0) is 55.8 Å². The lowest BCUT2D eigenvalue weighted by molar-refractivity contribution is -0.112. The highest BCUT2D eigenvalue weighted by atomic mass is 16.3. The lowest BCUT2D eigenvalue weighted by atomic mass is 10.2. The molecule has 0 aliphatic carbocycles. The van der Waals surface area contributed by atoms with E-state index >= 15 is 0 Å². The zero-order chi connectivity index (χ0) is 16.4. The van der Waals surface area contributed by atoms with Crippen LogP contribution in [0, 0.1) is 6.92 Å². The van der Waals surface area contributed by atoms with Crippen molar-refractivity contribution in [2.45, 2.75) is 13.8 Å². The molecule has 0 fully saturated rings. The summed E-state index contributed by atoms with van der Waals surface area (Å²) in [4.78, 5) is 16.6. The topological polar surface area (TPSA) is 90.2 Å². The Labute approximate surface area is 133 Å². The van der Waals surface area contributed by atoms with E-state index < -0.39 is 0 Å². The summed E-state index contributed by atoms with van der Waals surface area (Å²) < 4.78 is 0. The number of rotatable bonds is 3. The fraction of sp³-hybridized carbons (Fsp3) is 0.125. The van der Waals surface area contributed by atoms with E-state index in [0.717, 1.165) is 5.56 Å². The van der Waals surface area contributed by atoms with Crippen LogP contribution in [0.5, 0.6) is 5.75 Å². The Balaban J connectivity index is 1.82. The number of carbonyl (C=O) groups is 1. The monoisotopic (exact) mass is 309 g/mol. The number of hydrogen-bond donors (Lipinski definition) is 2. The molecule has 7 nitrogen and oxygen atoms in total. The molecule has 0 saturated carbocycles. The van der Waals surface area contributed by atoms with E-state index in [9.17, 15) is 9.90 Å². The standard InChI is InChI=1S/C16H15N5O2/c1-10-7-8-17-14(9-10)21-16(23)15(11(2)20-21)19-18-12-3-5-13(22)6-4-12/h3-9,18,22H,1-2H3. The Hall–Kier alpha value is -3.22. The summed E-state index contributed by atoms with van der Waals surface area (Å²) in [6, 6.07) is 10.0. The predicted molar refractivity (Wildman–Crippen MR) is 88.7 cm³/mol. The molecule has 7 heteroatoms. The zero-order valence-corrected chi connectivity index (χ0v) is 12.7. The maximum Gasteiger partial charge on any atom is 0.302 e. The Bertz CT molecular complexity index is 811. The second kappa shape index (κ2) is 5.88. The minimum absolute atomic E-state index is 0.162. The van der Waals surface area contributed by atoms with Gasteiger partial charge in [0.05, 0.1) is 11.4 Å². The van der Waals surface area contributed by atoms with Crippen molar-refractivity contribution in [2.24, 2.45) is 10.2 Å².